The van der Waals surface area contributed by atoms with Gasteiger partial charge in [0.25, 0.3) is 0 Å². The molecule has 1 atom stereocenters. The summed E-state index contributed by atoms with van der Waals surface area (Å²) in [6.45, 7) is 1.77. The first-order chi connectivity index (χ1) is 5.60. The fraction of sp³-hybridized carbons (Fsp3) is 1.00. The molecule has 0 aromatic carbocycles. The summed E-state index contributed by atoms with van der Waals surface area (Å²) in [5, 5.41) is 9.93. The molecule has 1 aliphatic carbocycles. The van der Waals surface area contributed by atoms with Gasteiger partial charge in [-0.15, -0.1) is 0 Å². The molecule has 0 heterocycles. The lowest BCUT2D eigenvalue weighted by atomic mass is 9.98. The zero-order valence-electron chi connectivity index (χ0n) is 8.04. The first-order valence-electron chi connectivity index (χ1n) is 4.38. The zero-order valence-corrected chi connectivity index (χ0v) is 8.04. The Morgan fingerprint density at radius 3 is 2.25 bits per heavy atom. The molecule has 3 heteroatoms. The molecule has 1 unspecified atom stereocenters. The molecule has 72 valence electrons. The zero-order chi connectivity index (χ0) is 9.19. The van der Waals surface area contributed by atoms with Crippen molar-refractivity contribution in [3.05, 3.63) is 0 Å². The largest absolute Gasteiger partial charge is 0.385 e. The van der Waals surface area contributed by atoms with E-state index in [0.717, 1.165) is 6.42 Å². The Bertz CT molecular complexity index is 137. The lowest BCUT2D eigenvalue weighted by molar-refractivity contribution is -0.211. The van der Waals surface area contributed by atoms with Gasteiger partial charge in [0, 0.05) is 14.2 Å². The highest BCUT2D eigenvalue weighted by molar-refractivity contribution is 4.86. The Kier molecular flexibility index (Phi) is 3.09. The predicted molar refractivity (Wildman–Crippen MR) is 45.8 cm³/mol. The van der Waals surface area contributed by atoms with Crippen molar-refractivity contribution in [3.8, 4) is 0 Å². The van der Waals surface area contributed by atoms with Crippen LogP contribution in [0.4, 0.5) is 0 Å². The van der Waals surface area contributed by atoms with Crippen molar-refractivity contribution in [1.29, 1.82) is 0 Å². The van der Waals surface area contributed by atoms with E-state index in [0.29, 0.717) is 5.92 Å². The summed E-state index contributed by atoms with van der Waals surface area (Å²) in [7, 11) is 3.10. The normalized spacial score (nSPS) is 22.8. The Balaban J connectivity index is 2.41. The van der Waals surface area contributed by atoms with Gasteiger partial charge in [-0.3, -0.25) is 0 Å². The average molecular weight is 174 g/mol. The van der Waals surface area contributed by atoms with Crippen molar-refractivity contribution in [2.45, 2.75) is 38.1 Å². The van der Waals surface area contributed by atoms with Crippen LogP contribution in [0.5, 0.6) is 0 Å². The fourth-order valence-corrected chi connectivity index (χ4v) is 1.61. The van der Waals surface area contributed by atoms with E-state index in [1.54, 1.807) is 21.1 Å². The standard InChI is InChI=1S/C9H18O3/c1-9(10,6-7-4-5-7)8(11-2)12-3/h7-8,10H,4-6H2,1-3H3. The molecule has 1 aliphatic rings. The summed E-state index contributed by atoms with van der Waals surface area (Å²) in [6.07, 6.45) is 2.74. The summed E-state index contributed by atoms with van der Waals surface area (Å²) in [5.74, 6) is 0.674. The molecule has 0 aliphatic heterocycles. The average Bonchev–Trinajstić information content (AvgIpc) is 2.72. The Morgan fingerprint density at radius 1 is 1.42 bits per heavy atom. The molecule has 12 heavy (non-hydrogen) atoms. The number of methoxy groups -OCH3 is 2. The molecule has 0 aromatic heterocycles. The van der Waals surface area contributed by atoms with E-state index in [2.05, 4.69) is 0 Å². The predicted octanol–water partition coefficient (Wildman–Crippen LogP) is 1.16. The van der Waals surface area contributed by atoms with E-state index in [9.17, 15) is 5.11 Å². The fourth-order valence-electron chi connectivity index (χ4n) is 1.61. The molecule has 0 bridgehead atoms. The van der Waals surface area contributed by atoms with Crippen LogP contribution in [-0.4, -0.2) is 31.2 Å². The summed E-state index contributed by atoms with van der Waals surface area (Å²) < 4.78 is 10.0. The van der Waals surface area contributed by atoms with Crippen LogP contribution in [0.2, 0.25) is 0 Å². The highest BCUT2D eigenvalue weighted by Crippen LogP contribution is 2.38. The number of hydrogen-bond donors (Lipinski definition) is 1. The van der Waals surface area contributed by atoms with Crippen LogP contribution in [0, 0.1) is 5.92 Å². The Labute approximate surface area is 73.7 Å². The van der Waals surface area contributed by atoms with Gasteiger partial charge < -0.3 is 14.6 Å². The van der Waals surface area contributed by atoms with Crippen LogP contribution in [0.25, 0.3) is 0 Å². The molecule has 1 saturated carbocycles. The maximum atomic E-state index is 9.93. The van der Waals surface area contributed by atoms with Gasteiger partial charge in [0.1, 0.15) is 5.60 Å². The van der Waals surface area contributed by atoms with E-state index >= 15 is 0 Å². The quantitative estimate of drug-likeness (QED) is 0.635. The second-order valence-electron chi connectivity index (χ2n) is 3.81. The van der Waals surface area contributed by atoms with Gasteiger partial charge in [0.15, 0.2) is 6.29 Å². The number of ether oxygens (including phenoxy) is 2. The molecular weight excluding hydrogens is 156 g/mol. The van der Waals surface area contributed by atoms with Gasteiger partial charge in [-0.05, 0) is 19.3 Å². The monoisotopic (exact) mass is 174 g/mol. The van der Waals surface area contributed by atoms with Gasteiger partial charge >= 0.3 is 0 Å². The maximum absolute atomic E-state index is 9.93. The summed E-state index contributed by atoms with van der Waals surface area (Å²) in [5.41, 5.74) is -0.843. The molecule has 0 saturated heterocycles. The molecule has 3 nitrogen and oxygen atoms in total. The van der Waals surface area contributed by atoms with E-state index < -0.39 is 11.9 Å². The Hall–Kier alpha value is -0.120. The van der Waals surface area contributed by atoms with Crippen molar-refractivity contribution >= 4 is 0 Å². The van der Waals surface area contributed by atoms with E-state index in [1.807, 2.05) is 0 Å². The van der Waals surface area contributed by atoms with Crippen molar-refractivity contribution in [2.75, 3.05) is 14.2 Å². The topological polar surface area (TPSA) is 38.7 Å². The first-order valence-corrected chi connectivity index (χ1v) is 4.38. The molecule has 0 spiro atoms. The highest BCUT2D eigenvalue weighted by Gasteiger charge is 2.38. The van der Waals surface area contributed by atoms with Crippen LogP contribution >= 0.6 is 0 Å². The van der Waals surface area contributed by atoms with E-state index in [1.165, 1.54) is 12.8 Å². The third-order valence-corrected chi connectivity index (χ3v) is 2.33. The van der Waals surface area contributed by atoms with Gasteiger partial charge in [-0.1, -0.05) is 12.8 Å². The molecular formula is C9H18O3. The minimum absolute atomic E-state index is 0.502. The van der Waals surface area contributed by atoms with Gasteiger partial charge in [0.2, 0.25) is 0 Å². The van der Waals surface area contributed by atoms with Crippen LogP contribution in [0.15, 0.2) is 0 Å². The van der Waals surface area contributed by atoms with Crippen LogP contribution in [0.3, 0.4) is 0 Å². The molecule has 0 aromatic rings. The van der Waals surface area contributed by atoms with Crippen molar-refractivity contribution in [1.82, 2.24) is 0 Å². The Morgan fingerprint density at radius 2 is 1.92 bits per heavy atom. The molecule has 0 radical (unpaired) electrons. The molecule has 1 fully saturated rings. The lowest BCUT2D eigenvalue weighted by Gasteiger charge is -2.30. The summed E-state index contributed by atoms with van der Waals surface area (Å²) in [4.78, 5) is 0. The SMILES string of the molecule is COC(OC)C(C)(O)CC1CC1. The number of aliphatic hydroxyl groups is 1. The number of rotatable bonds is 5. The van der Waals surface area contributed by atoms with Gasteiger partial charge in [0.05, 0.1) is 0 Å². The summed E-state index contributed by atoms with van der Waals surface area (Å²) >= 11 is 0. The molecule has 1 N–H and O–H groups in total. The van der Waals surface area contributed by atoms with Crippen LogP contribution < -0.4 is 0 Å². The van der Waals surface area contributed by atoms with Gasteiger partial charge in [-0.25, -0.2) is 0 Å². The highest BCUT2D eigenvalue weighted by atomic mass is 16.7. The molecule has 0 amide bonds. The van der Waals surface area contributed by atoms with Crippen molar-refractivity contribution in [3.63, 3.8) is 0 Å². The van der Waals surface area contributed by atoms with Crippen molar-refractivity contribution in [2.24, 2.45) is 5.92 Å². The minimum atomic E-state index is -0.843. The van der Waals surface area contributed by atoms with E-state index in [-0.39, 0.29) is 0 Å². The third kappa shape index (κ3) is 2.44. The second kappa shape index (κ2) is 3.73. The summed E-state index contributed by atoms with van der Waals surface area (Å²) in [6, 6.07) is 0. The smallest absolute Gasteiger partial charge is 0.185 e. The van der Waals surface area contributed by atoms with Gasteiger partial charge in [-0.2, -0.15) is 0 Å². The van der Waals surface area contributed by atoms with Crippen molar-refractivity contribution < 1.29 is 14.6 Å². The van der Waals surface area contributed by atoms with E-state index in [4.69, 9.17) is 9.47 Å². The second-order valence-corrected chi connectivity index (χ2v) is 3.81. The molecule has 1 rings (SSSR count). The third-order valence-electron chi connectivity index (χ3n) is 2.33. The first kappa shape index (κ1) is 9.96. The van der Waals surface area contributed by atoms with Crippen LogP contribution in [0.1, 0.15) is 26.2 Å². The van der Waals surface area contributed by atoms with Crippen LogP contribution in [-0.2, 0) is 9.47 Å². The minimum Gasteiger partial charge on any atom is -0.385 e. The lowest BCUT2D eigenvalue weighted by Crippen LogP contribution is -2.42. The maximum Gasteiger partial charge on any atom is 0.185 e. The number of hydrogen-bond acceptors (Lipinski definition) is 3.